The number of nitrogens with one attached hydrogen (secondary N) is 1. The van der Waals surface area contributed by atoms with Gasteiger partial charge in [-0.25, -0.2) is 0 Å². The summed E-state index contributed by atoms with van der Waals surface area (Å²) >= 11 is 0. The number of amides is 2. The van der Waals surface area contributed by atoms with Crippen molar-refractivity contribution in [2.45, 2.75) is 32.1 Å². The minimum Gasteiger partial charge on any atom is -0.359 e. The second-order valence-electron chi connectivity index (χ2n) is 8.92. The molecule has 1 fully saturated rings. The zero-order valence-electron chi connectivity index (χ0n) is 19.3. The lowest BCUT2D eigenvalue weighted by molar-refractivity contribution is -0.142. The van der Waals surface area contributed by atoms with Crippen LogP contribution >= 0.6 is 0 Å². The van der Waals surface area contributed by atoms with Gasteiger partial charge in [-0.2, -0.15) is 0 Å². The summed E-state index contributed by atoms with van der Waals surface area (Å²) < 4.78 is 0. The van der Waals surface area contributed by atoms with Crippen LogP contribution in [0.25, 0.3) is 11.1 Å². The molecule has 0 bridgehead atoms. The van der Waals surface area contributed by atoms with E-state index in [1.807, 2.05) is 66.4 Å². The first-order chi connectivity index (χ1) is 16.0. The topological polar surface area (TPSA) is 62.3 Å². The van der Waals surface area contributed by atoms with Gasteiger partial charge in [0.25, 0.3) is 0 Å². The van der Waals surface area contributed by atoms with Gasteiger partial charge in [0.1, 0.15) is 0 Å². The summed E-state index contributed by atoms with van der Waals surface area (Å²) in [5.74, 6) is -0.163. The second-order valence-corrected chi connectivity index (χ2v) is 8.92. The van der Waals surface area contributed by atoms with E-state index in [-0.39, 0.29) is 17.7 Å². The highest BCUT2D eigenvalue weighted by molar-refractivity contribution is 5.87. The lowest BCUT2D eigenvalue weighted by Crippen LogP contribution is -2.54. The summed E-state index contributed by atoms with van der Waals surface area (Å²) in [6, 6.07) is 22.0. The zero-order chi connectivity index (χ0) is 23.3. The number of pyridine rings is 1. The van der Waals surface area contributed by atoms with Gasteiger partial charge in [0.15, 0.2) is 0 Å². The molecule has 0 saturated carbocycles. The van der Waals surface area contributed by atoms with Gasteiger partial charge in [0.05, 0.1) is 11.3 Å². The summed E-state index contributed by atoms with van der Waals surface area (Å²) in [5.41, 5.74) is 3.63. The third kappa shape index (κ3) is 4.82. The van der Waals surface area contributed by atoms with Gasteiger partial charge in [0.2, 0.25) is 11.8 Å². The molecule has 2 amide bonds. The molecule has 5 heteroatoms. The highest BCUT2D eigenvalue weighted by Crippen LogP contribution is 2.38. The first-order valence-corrected chi connectivity index (χ1v) is 11.6. The van der Waals surface area contributed by atoms with Gasteiger partial charge in [-0.3, -0.25) is 14.6 Å². The smallest absolute Gasteiger partial charge is 0.229 e. The highest BCUT2D eigenvalue weighted by atomic mass is 16.2. The van der Waals surface area contributed by atoms with Crippen molar-refractivity contribution in [3.8, 4) is 11.1 Å². The van der Waals surface area contributed by atoms with Gasteiger partial charge >= 0.3 is 0 Å². The van der Waals surface area contributed by atoms with E-state index in [0.29, 0.717) is 19.5 Å². The average molecular weight is 442 g/mol. The van der Waals surface area contributed by atoms with Gasteiger partial charge in [-0.15, -0.1) is 0 Å². The minimum atomic E-state index is -0.664. The number of carbonyl (C=O) groups excluding carboxylic acids is 2. The van der Waals surface area contributed by atoms with Crippen LogP contribution in [0.2, 0.25) is 0 Å². The van der Waals surface area contributed by atoms with E-state index in [0.717, 1.165) is 35.1 Å². The molecule has 1 aromatic heterocycles. The van der Waals surface area contributed by atoms with E-state index in [1.165, 1.54) is 0 Å². The van der Waals surface area contributed by atoms with Crippen molar-refractivity contribution in [3.05, 3.63) is 90.3 Å². The molecular formula is C28H31N3O2. The number of piperidine rings is 1. The van der Waals surface area contributed by atoms with Crippen molar-refractivity contribution in [1.82, 2.24) is 15.2 Å². The third-order valence-corrected chi connectivity index (χ3v) is 6.80. The molecular weight excluding hydrogens is 410 g/mol. The van der Waals surface area contributed by atoms with Crippen molar-refractivity contribution in [3.63, 3.8) is 0 Å². The quantitative estimate of drug-likeness (QED) is 0.615. The Morgan fingerprint density at radius 3 is 2.45 bits per heavy atom. The lowest BCUT2D eigenvalue weighted by Gasteiger charge is -2.42. The summed E-state index contributed by atoms with van der Waals surface area (Å²) in [7, 11) is 1.69. The van der Waals surface area contributed by atoms with Crippen molar-refractivity contribution < 1.29 is 9.59 Å². The van der Waals surface area contributed by atoms with Crippen LogP contribution in [-0.2, 0) is 16.0 Å². The Balaban J connectivity index is 1.64. The predicted octanol–water partition coefficient (Wildman–Crippen LogP) is 4.45. The van der Waals surface area contributed by atoms with Crippen LogP contribution in [0.1, 0.15) is 36.8 Å². The monoisotopic (exact) mass is 441 g/mol. The number of hydrogen-bond acceptors (Lipinski definition) is 3. The van der Waals surface area contributed by atoms with Gasteiger partial charge in [0, 0.05) is 32.5 Å². The normalized spacial score (nSPS) is 19.0. The van der Waals surface area contributed by atoms with Crippen LogP contribution < -0.4 is 5.32 Å². The first-order valence-electron chi connectivity index (χ1n) is 11.6. The number of carbonyl (C=O) groups is 2. The Hall–Kier alpha value is -3.47. The number of aromatic nitrogens is 1. The molecule has 33 heavy (non-hydrogen) atoms. The molecule has 0 aliphatic carbocycles. The van der Waals surface area contributed by atoms with Gasteiger partial charge in [-0.05, 0) is 60.6 Å². The Bertz CT molecular complexity index is 1100. The SMILES string of the molecule is CNC(=O)[C@]1(Cc2ccccc2-c2ccncc2)CCCN(C(=O)[C@H](C)c2ccccc2)C1. The molecule has 1 aliphatic heterocycles. The fourth-order valence-electron chi connectivity index (χ4n) is 5.01. The molecule has 2 atom stereocenters. The Kier molecular flexibility index (Phi) is 6.87. The van der Waals surface area contributed by atoms with Gasteiger partial charge in [-0.1, -0.05) is 54.6 Å². The number of rotatable bonds is 6. The molecule has 1 aliphatic rings. The highest BCUT2D eigenvalue weighted by Gasteiger charge is 2.44. The fourth-order valence-corrected chi connectivity index (χ4v) is 5.01. The van der Waals surface area contributed by atoms with E-state index >= 15 is 0 Å². The number of benzene rings is 2. The fraction of sp³-hybridized carbons (Fsp3) is 0.321. The molecule has 2 aromatic carbocycles. The predicted molar refractivity (Wildman–Crippen MR) is 131 cm³/mol. The van der Waals surface area contributed by atoms with Crippen LogP contribution in [0.3, 0.4) is 0 Å². The first kappa shape index (κ1) is 22.7. The molecule has 4 rings (SSSR count). The van der Waals surface area contributed by atoms with Crippen LogP contribution in [0.4, 0.5) is 0 Å². The van der Waals surface area contributed by atoms with Crippen molar-refractivity contribution in [2.24, 2.45) is 5.41 Å². The molecule has 3 aromatic rings. The standard InChI is InChI=1S/C28H31N3O2/c1-21(22-9-4-3-5-10-22)26(32)31-18-8-15-28(20-31,27(33)29-2)19-24-11-6-7-12-25(24)23-13-16-30-17-14-23/h3-7,9-14,16-17,21H,8,15,18-20H2,1-2H3,(H,29,33)/t21-,28+/m1/s1. The van der Waals surface area contributed by atoms with Crippen LogP contribution in [0.5, 0.6) is 0 Å². The maximum absolute atomic E-state index is 13.4. The molecule has 2 heterocycles. The Morgan fingerprint density at radius 2 is 1.73 bits per heavy atom. The molecule has 0 spiro atoms. The number of nitrogens with zero attached hydrogens (tertiary/aromatic N) is 2. The van der Waals surface area contributed by atoms with Crippen LogP contribution in [0.15, 0.2) is 79.1 Å². The third-order valence-electron chi connectivity index (χ3n) is 6.80. The van der Waals surface area contributed by atoms with E-state index in [2.05, 4.69) is 22.4 Å². The summed E-state index contributed by atoms with van der Waals surface area (Å²) in [6.07, 6.45) is 5.70. The molecule has 1 saturated heterocycles. The average Bonchev–Trinajstić information content (AvgIpc) is 2.88. The van der Waals surface area contributed by atoms with Crippen molar-refractivity contribution in [1.29, 1.82) is 0 Å². The molecule has 0 radical (unpaired) electrons. The van der Waals surface area contributed by atoms with E-state index < -0.39 is 5.41 Å². The maximum atomic E-state index is 13.4. The molecule has 170 valence electrons. The minimum absolute atomic E-state index is 0.00287. The molecule has 5 nitrogen and oxygen atoms in total. The van der Waals surface area contributed by atoms with Gasteiger partial charge < -0.3 is 10.2 Å². The lowest BCUT2D eigenvalue weighted by atomic mass is 9.73. The largest absolute Gasteiger partial charge is 0.359 e. The zero-order valence-corrected chi connectivity index (χ0v) is 19.3. The van der Waals surface area contributed by atoms with E-state index in [9.17, 15) is 9.59 Å². The van der Waals surface area contributed by atoms with Crippen molar-refractivity contribution in [2.75, 3.05) is 20.1 Å². The number of hydrogen-bond donors (Lipinski definition) is 1. The molecule has 1 N–H and O–H groups in total. The Labute approximate surface area is 195 Å². The number of likely N-dealkylation sites (tertiary alicyclic amines) is 1. The van der Waals surface area contributed by atoms with E-state index in [1.54, 1.807) is 19.4 Å². The Morgan fingerprint density at radius 1 is 1.03 bits per heavy atom. The summed E-state index contributed by atoms with van der Waals surface area (Å²) in [4.78, 5) is 32.7. The van der Waals surface area contributed by atoms with Crippen LogP contribution in [0, 0.1) is 5.41 Å². The van der Waals surface area contributed by atoms with E-state index in [4.69, 9.17) is 0 Å². The second kappa shape index (κ2) is 9.99. The van der Waals surface area contributed by atoms with Crippen molar-refractivity contribution >= 4 is 11.8 Å². The maximum Gasteiger partial charge on any atom is 0.229 e. The van der Waals surface area contributed by atoms with Crippen LogP contribution in [-0.4, -0.2) is 41.8 Å². The summed E-state index contributed by atoms with van der Waals surface area (Å²) in [6.45, 7) is 3.06. The summed E-state index contributed by atoms with van der Waals surface area (Å²) in [5, 5.41) is 2.89. The molecule has 0 unspecified atom stereocenters.